The minimum Gasteiger partial charge on any atom is -0.348 e. The summed E-state index contributed by atoms with van der Waals surface area (Å²) in [4.78, 5) is 26.3. The molecule has 2 aliphatic heterocycles. The van der Waals surface area contributed by atoms with Crippen molar-refractivity contribution in [3.8, 4) is 0 Å². The second-order valence-electron chi connectivity index (χ2n) is 6.99. The molecule has 2 aromatic rings. The molecule has 1 saturated heterocycles. The number of nitrogens with one attached hydrogen (secondary N) is 1. The van der Waals surface area contributed by atoms with E-state index in [4.69, 9.17) is 12.2 Å². The Bertz CT molecular complexity index is 991. The van der Waals surface area contributed by atoms with Gasteiger partial charge in [-0.3, -0.25) is 14.9 Å². The van der Waals surface area contributed by atoms with Gasteiger partial charge in [-0.05, 0) is 48.8 Å². The zero-order valence-corrected chi connectivity index (χ0v) is 15.1. The molecule has 2 atom stereocenters. The maximum absolute atomic E-state index is 13.3. The van der Waals surface area contributed by atoms with E-state index in [1.165, 1.54) is 6.07 Å². The third kappa shape index (κ3) is 3.37. The SMILES string of the molecule is O=C(NC(=S)N1C[C@H]2C[C@H](C1)c1cccc(=O)n1C2)c1ccc(F)c(F)c1. The van der Waals surface area contributed by atoms with Crippen LogP contribution >= 0.6 is 12.2 Å². The number of aromatic nitrogens is 1. The number of rotatable bonds is 1. The van der Waals surface area contributed by atoms with E-state index in [1.807, 2.05) is 15.5 Å². The molecule has 0 spiro atoms. The van der Waals surface area contributed by atoms with Crippen molar-refractivity contribution in [3.05, 3.63) is 69.6 Å². The summed E-state index contributed by atoms with van der Waals surface area (Å²) in [6, 6.07) is 8.25. The minimum absolute atomic E-state index is 0.00451. The summed E-state index contributed by atoms with van der Waals surface area (Å²) in [5.74, 6) is -2.25. The Morgan fingerprint density at radius 3 is 2.70 bits per heavy atom. The van der Waals surface area contributed by atoms with Crippen molar-refractivity contribution in [3.63, 3.8) is 0 Å². The van der Waals surface area contributed by atoms with Crippen LogP contribution in [0.3, 0.4) is 0 Å². The quantitative estimate of drug-likeness (QED) is 0.761. The number of piperidine rings is 1. The molecule has 0 unspecified atom stereocenters. The second kappa shape index (κ2) is 6.84. The van der Waals surface area contributed by atoms with Crippen LogP contribution in [0.4, 0.5) is 8.78 Å². The van der Waals surface area contributed by atoms with Gasteiger partial charge in [-0.2, -0.15) is 0 Å². The van der Waals surface area contributed by atoms with Crippen LogP contribution in [0.25, 0.3) is 0 Å². The number of benzene rings is 1. The van der Waals surface area contributed by atoms with Crippen molar-refractivity contribution in [2.24, 2.45) is 5.92 Å². The number of thiocarbonyl (C=S) groups is 1. The van der Waals surface area contributed by atoms with Gasteiger partial charge in [-0.25, -0.2) is 8.78 Å². The maximum Gasteiger partial charge on any atom is 0.257 e. The molecule has 0 aliphatic carbocycles. The molecule has 1 fully saturated rings. The average molecular weight is 389 g/mol. The van der Waals surface area contributed by atoms with Gasteiger partial charge in [0, 0.05) is 42.9 Å². The maximum atomic E-state index is 13.3. The van der Waals surface area contributed by atoms with Crippen molar-refractivity contribution in [1.29, 1.82) is 0 Å². The lowest BCUT2D eigenvalue weighted by Gasteiger charge is -2.43. The highest BCUT2D eigenvalue weighted by molar-refractivity contribution is 7.80. The lowest BCUT2D eigenvalue weighted by atomic mass is 9.83. The van der Waals surface area contributed by atoms with Crippen LogP contribution in [-0.2, 0) is 6.54 Å². The zero-order valence-electron chi connectivity index (χ0n) is 14.3. The molecule has 4 rings (SSSR count). The molecule has 27 heavy (non-hydrogen) atoms. The van der Waals surface area contributed by atoms with Crippen LogP contribution in [0.1, 0.15) is 28.4 Å². The number of carbonyl (C=O) groups excluding carboxylic acids is 1. The fourth-order valence-electron chi connectivity index (χ4n) is 3.95. The van der Waals surface area contributed by atoms with Crippen LogP contribution in [-0.4, -0.2) is 33.6 Å². The zero-order chi connectivity index (χ0) is 19.1. The van der Waals surface area contributed by atoms with Gasteiger partial charge in [-0.15, -0.1) is 0 Å². The predicted molar refractivity (Wildman–Crippen MR) is 99.5 cm³/mol. The highest BCUT2D eigenvalue weighted by Crippen LogP contribution is 2.34. The molecular weight excluding hydrogens is 372 g/mol. The first-order chi connectivity index (χ1) is 12.9. The molecule has 1 amide bonds. The molecule has 2 bridgehead atoms. The van der Waals surface area contributed by atoms with Crippen LogP contribution in [0.5, 0.6) is 0 Å². The van der Waals surface area contributed by atoms with Crippen molar-refractivity contribution in [1.82, 2.24) is 14.8 Å². The van der Waals surface area contributed by atoms with E-state index in [0.29, 0.717) is 19.6 Å². The Kier molecular flexibility index (Phi) is 4.51. The van der Waals surface area contributed by atoms with Crippen molar-refractivity contribution < 1.29 is 13.6 Å². The van der Waals surface area contributed by atoms with E-state index >= 15 is 0 Å². The van der Waals surface area contributed by atoms with Gasteiger partial charge in [0.15, 0.2) is 16.7 Å². The smallest absolute Gasteiger partial charge is 0.257 e. The lowest BCUT2D eigenvalue weighted by Crippen LogP contribution is -2.52. The Balaban J connectivity index is 1.48. The number of fused-ring (bicyclic) bond motifs is 4. The number of nitrogens with zero attached hydrogens (tertiary/aromatic N) is 2. The normalized spacial score (nSPS) is 20.7. The molecule has 8 heteroatoms. The highest BCUT2D eigenvalue weighted by Gasteiger charge is 2.35. The second-order valence-corrected chi connectivity index (χ2v) is 7.38. The highest BCUT2D eigenvalue weighted by atomic mass is 32.1. The summed E-state index contributed by atoms with van der Waals surface area (Å²) in [5.41, 5.74) is 0.994. The first-order valence-electron chi connectivity index (χ1n) is 8.67. The van der Waals surface area contributed by atoms with Gasteiger partial charge < -0.3 is 9.47 Å². The number of likely N-dealkylation sites (tertiary alicyclic amines) is 1. The number of pyridine rings is 1. The molecule has 1 N–H and O–H groups in total. The molecule has 3 heterocycles. The van der Waals surface area contributed by atoms with Crippen molar-refractivity contribution in [2.45, 2.75) is 18.9 Å². The number of hydrogen-bond donors (Lipinski definition) is 1. The average Bonchev–Trinajstić information content (AvgIpc) is 2.64. The monoisotopic (exact) mass is 389 g/mol. The van der Waals surface area contributed by atoms with E-state index < -0.39 is 17.5 Å². The first kappa shape index (κ1) is 17.8. The van der Waals surface area contributed by atoms with Crippen LogP contribution < -0.4 is 10.9 Å². The van der Waals surface area contributed by atoms with Crippen molar-refractivity contribution >= 4 is 23.2 Å². The number of hydrogen-bond acceptors (Lipinski definition) is 3. The van der Waals surface area contributed by atoms with Gasteiger partial charge >= 0.3 is 0 Å². The molecular formula is C19H17F2N3O2S. The van der Waals surface area contributed by atoms with Crippen LogP contribution in [0.2, 0.25) is 0 Å². The molecule has 0 radical (unpaired) electrons. The fourth-order valence-corrected chi connectivity index (χ4v) is 4.19. The summed E-state index contributed by atoms with van der Waals surface area (Å²) >= 11 is 5.37. The molecule has 5 nitrogen and oxygen atoms in total. The molecule has 0 saturated carbocycles. The number of amides is 1. The number of halogens is 2. The van der Waals surface area contributed by atoms with E-state index in [1.54, 1.807) is 12.1 Å². The summed E-state index contributed by atoms with van der Waals surface area (Å²) in [6.45, 7) is 1.85. The number of carbonyl (C=O) groups is 1. The Hall–Kier alpha value is -2.61. The lowest BCUT2D eigenvalue weighted by molar-refractivity contribution is 0.0967. The third-order valence-electron chi connectivity index (χ3n) is 5.17. The Morgan fingerprint density at radius 2 is 1.93 bits per heavy atom. The van der Waals surface area contributed by atoms with Crippen LogP contribution in [0.15, 0.2) is 41.2 Å². The summed E-state index contributed by atoms with van der Waals surface area (Å²) in [5, 5.41) is 2.85. The third-order valence-corrected chi connectivity index (χ3v) is 5.53. The van der Waals surface area contributed by atoms with E-state index in [0.717, 1.165) is 24.2 Å². The summed E-state index contributed by atoms with van der Waals surface area (Å²) < 4.78 is 28.2. The van der Waals surface area contributed by atoms with Gasteiger partial charge in [0.25, 0.3) is 11.5 Å². The topological polar surface area (TPSA) is 54.3 Å². The van der Waals surface area contributed by atoms with E-state index in [-0.39, 0.29) is 28.1 Å². The summed E-state index contributed by atoms with van der Waals surface area (Å²) in [7, 11) is 0. The molecule has 1 aromatic carbocycles. The van der Waals surface area contributed by atoms with E-state index in [9.17, 15) is 18.4 Å². The summed E-state index contributed by atoms with van der Waals surface area (Å²) in [6.07, 6.45) is 0.972. The van der Waals surface area contributed by atoms with Crippen LogP contribution in [0, 0.1) is 17.6 Å². The Morgan fingerprint density at radius 1 is 1.11 bits per heavy atom. The first-order valence-corrected chi connectivity index (χ1v) is 9.08. The Labute approximate surface area is 159 Å². The minimum atomic E-state index is -1.08. The predicted octanol–water partition coefficient (Wildman–Crippen LogP) is 2.26. The van der Waals surface area contributed by atoms with Gasteiger partial charge in [0.05, 0.1) is 0 Å². The molecule has 140 valence electrons. The molecule has 1 aromatic heterocycles. The standard InChI is InChI=1S/C19H17F2N3O2S/c20-14-5-4-12(7-15(14)21)18(26)22-19(27)23-8-11-6-13(10-23)16-2-1-3-17(25)24(16)9-11/h1-5,7,11,13H,6,8-10H2,(H,22,26,27)/t11-,13-/m1/s1. The van der Waals surface area contributed by atoms with Gasteiger partial charge in [0.2, 0.25) is 0 Å². The van der Waals surface area contributed by atoms with Gasteiger partial charge in [0.1, 0.15) is 0 Å². The van der Waals surface area contributed by atoms with E-state index in [2.05, 4.69) is 5.32 Å². The van der Waals surface area contributed by atoms with Crippen molar-refractivity contribution in [2.75, 3.05) is 13.1 Å². The molecule has 2 aliphatic rings. The largest absolute Gasteiger partial charge is 0.348 e. The van der Waals surface area contributed by atoms with Gasteiger partial charge in [-0.1, -0.05) is 6.07 Å². The fraction of sp³-hybridized carbons (Fsp3) is 0.316.